The summed E-state index contributed by atoms with van der Waals surface area (Å²) in [4.78, 5) is 28.9. The fraction of sp³-hybridized carbons (Fsp3) is 0.231. The third-order valence-corrected chi connectivity index (χ3v) is 6.31. The van der Waals surface area contributed by atoms with Crippen LogP contribution in [0.15, 0.2) is 72.8 Å². The van der Waals surface area contributed by atoms with Gasteiger partial charge in [0.2, 0.25) is 5.91 Å². The van der Waals surface area contributed by atoms with Gasteiger partial charge in [-0.2, -0.15) is 0 Å². The van der Waals surface area contributed by atoms with E-state index in [0.717, 1.165) is 11.1 Å². The number of nitrogens with zero attached hydrogens (tertiary/aromatic N) is 1. The molecule has 1 aliphatic rings. The number of benzene rings is 3. The molecule has 0 unspecified atom stereocenters. The lowest BCUT2D eigenvalue weighted by Gasteiger charge is -2.42. The highest BCUT2D eigenvalue weighted by Gasteiger charge is 2.44. The van der Waals surface area contributed by atoms with Gasteiger partial charge < -0.3 is 15.0 Å². The lowest BCUT2D eigenvalue weighted by Crippen LogP contribution is -2.47. The Morgan fingerprint density at radius 1 is 0.970 bits per heavy atom. The van der Waals surface area contributed by atoms with E-state index in [4.69, 9.17) is 27.9 Å². The number of nitrogens with one attached hydrogen (secondary N) is 1. The zero-order valence-corrected chi connectivity index (χ0v) is 19.6. The van der Waals surface area contributed by atoms with E-state index < -0.39 is 12.0 Å². The van der Waals surface area contributed by atoms with Crippen molar-refractivity contribution in [3.8, 4) is 0 Å². The molecular formula is C26H24Cl2N2O3. The minimum Gasteiger partial charge on any atom is -0.383 e. The number of carbonyl (C=O) groups excluding carboxylic acids is 2. The van der Waals surface area contributed by atoms with Crippen LogP contribution < -0.4 is 5.32 Å². The summed E-state index contributed by atoms with van der Waals surface area (Å²) in [6, 6.07) is 21.5. The molecule has 5 nitrogen and oxygen atoms in total. The Balaban J connectivity index is 1.82. The Labute approximate surface area is 203 Å². The van der Waals surface area contributed by atoms with Gasteiger partial charge in [-0.3, -0.25) is 9.59 Å². The molecule has 4 rings (SSSR count). The molecule has 0 fully saturated rings. The highest BCUT2D eigenvalue weighted by atomic mass is 35.5. The summed E-state index contributed by atoms with van der Waals surface area (Å²) >= 11 is 12.2. The molecule has 1 aliphatic heterocycles. The molecule has 170 valence electrons. The van der Waals surface area contributed by atoms with Gasteiger partial charge in [0.05, 0.1) is 18.6 Å². The van der Waals surface area contributed by atoms with Crippen molar-refractivity contribution in [3.63, 3.8) is 0 Å². The van der Waals surface area contributed by atoms with E-state index in [-0.39, 0.29) is 11.8 Å². The molecule has 7 heteroatoms. The number of ether oxygens (including phenoxy) is 1. The van der Waals surface area contributed by atoms with Crippen molar-refractivity contribution in [3.05, 3.63) is 105 Å². The summed E-state index contributed by atoms with van der Waals surface area (Å²) in [6.07, 6.45) is 0. The standard InChI is InChI=1S/C26H24Cl2N2O3/c1-33-15-14-29-25(31)23-21-4-2-3-5-22(21)26(32)30(16-17-6-10-19(27)11-7-17)24(23)18-8-12-20(28)13-9-18/h2-13,23-24H,14-16H2,1H3,(H,29,31)/t23-,24+/m0/s1. The third-order valence-electron chi connectivity index (χ3n) is 5.80. The number of hydrogen-bond acceptors (Lipinski definition) is 3. The predicted molar refractivity (Wildman–Crippen MR) is 130 cm³/mol. The van der Waals surface area contributed by atoms with Gasteiger partial charge in [0.15, 0.2) is 0 Å². The van der Waals surface area contributed by atoms with Gasteiger partial charge in [-0.1, -0.05) is 65.7 Å². The third kappa shape index (κ3) is 5.06. The van der Waals surface area contributed by atoms with Crippen LogP contribution in [-0.4, -0.2) is 37.0 Å². The van der Waals surface area contributed by atoms with Crippen LogP contribution in [0.1, 0.15) is 39.0 Å². The van der Waals surface area contributed by atoms with E-state index in [1.54, 1.807) is 42.3 Å². The molecule has 33 heavy (non-hydrogen) atoms. The van der Waals surface area contributed by atoms with Crippen LogP contribution in [0.5, 0.6) is 0 Å². The minimum atomic E-state index is -0.593. The van der Waals surface area contributed by atoms with E-state index in [1.165, 1.54) is 0 Å². The number of fused-ring (bicyclic) bond motifs is 1. The smallest absolute Gasteiger partial charge is 0.255 e. The summed E-state index contributed by atoms with van der Waals surface area (Å²) in [7, 11) is 1.59. The summed E-state index contributed by atoms with van der Waals surface area (Å²) in [5, 5.41) is 4.18. The second-order valence-corrected chi connectivity index (χ2v) is 8.78. The number of rotatable bonds is 7. The summed E-state index contributed by atoms with van der Waals surface area (Å²) in [5.41, 5.74) is 3.00. The molecule has 3 aromatic rings. The molecule has 0 saturated heterocycles. The highest BCUT2D eigenvalue weighted by Crippen LogP contribution is 2.43. The second kappa shape index (κ2) is 10.4. The first kappa shape index (κ1) is 23.3. The minimum absolute atomic E-state index is 0.124. The van der Waals surface area contributed by atoms with Crippen LogP contribution in [-0.2, 0) is 16.1 Å². The fourth-order valence-corrected chi connectivity index (χ4v) is 4.51. The van der Waals surface area contributed by atoms with E-state index in [0.29, 0.717) is 40.9 Å². The number of carbonyl (C=O) groups is 2. The van der Waals surface area contributed by atoms with Gasteiger partial charge in [0.1, 0.15) is 0 Å². The SMILES string of the molecule is COCCNC(=O)[C@H]1c2ccccc2C(=O)N(Cc2ccc(Cl)cc2)[C@@H]1c1ccc(Cl)cc1. The molecular weight excluding hydrogens is 459 g/mol. The second-order valence-electron chi connectivity index (χ2n) is 7.90. The first-order valence-corrected chi connectivity index (χ1v) is 11.4. The Hall–Kier alpha value is -2.86. The Bertz CT molecular complexity index is 1130. The first-order valence-electron chi connectivity index (χ1n) is 10.7. The van der Waals surface area contributed by atoms with Gasteiger partial charge in [0, 0.05) is 35.8 Å². The predicted octanol–water partition coefficient (Wildman–Crippen LogP) is 5.24. The monoisotopic (exact) mass is 482 g/mol. The molecule has 1 heterocycles. The first-order chi connectivity index (χ1) is 16.0. The van der Waals surface area contributed by atoms with Crippen LogP contribution in [0.2, 0.25) is 10.0 Å². The fourth-order valence-electron chi connectivity index (χ4n) is 4.25. The lowest BCUT2D eigenvalue weighted by molar-refractivity contribution is -0.124. The van der Waals surface area contributed by atoms with E-state index in [2.05, 4.69) is 5.32 Å². The molecule has 0 aromatic heterocycles. The van der Waals surface area contributed by atoms with Gasteiger partial charge in [0.25, 0.3) is 5.91 Å². The molecule has 0 aliphatic carbocycles. The average Bonchev–Trinajstić information content (AvgIpc) is 2.82. The molecule has 2 atom stereocenters. The highest BCUT2D eigenvalue weighted by molar-refractivity contribution is 6.30. The summed E-state index contributed by atoms with van der Waals surface area (Å²) in [5.74, 6) is -0.876. The average molecular weight is 483 g/mol. The molecule has 2 amide bonds. The molecule has 1 N–H and O–H groups in total. The Kier molecular flexibility index (Phi) is 7.33. The summed E-state index contributed by atoms with van der Waals surface area (Å²) in [6.45, 7) is 1.12. The van der Waals surface area contributed by atoms with Crippen molar-refractivity contribution < 1.29 is 14.3 Å². The van der Waals surface area contributed by atoms with E-state index in [1.807, 2.05) is 42.5 Å². The van der Waals surface area contributed by atoms with E-state index in [9.17, 15) is 9.59 Å². The van der Waals surface area contributed by atoms with Crippen molar-refractivity contribution in [1.29, 1.82) is 0 Å². The van der Waals surface area contributed by atoms with Crippen molar-refractivity contribution >= 4 is 35.0 Å². The van der Waals surface area contributed by atoms with Gasteiger partial charge in [-0.15, -0.1) is 0 Å². The lowest BCUT2D eigenvalue weighted by atomic mass is 9.79. The Morgan fingerprint density at radius 2 is 1.61 bits per heavy atom. The molecule has 0 bridgehead atoms. The van der Waals surface area contributed by atoms with Gasteiger partial charge >= 0.3 is 0 Å². The quantitative estimate of drug-likeness (QED) is 0.468. The van der Waals surface area contributed by atoms with Crippen LogP contribution in [0.25, 0.3) is 0 Å². The zero-order valence-electron chi connectivity index (χ0n) is 18.1. The van der Waals surface area contributed by atoms with Crippen LogP contribution in [0.4, 0.5) is 0 Å². The number of hydrogen-bond donors (Lipinski definition) is 1. The van der Waals surface area contributed by atoms with Crippen molar-refractivity contribution in [2.24, 2.45) is 0 Å². The number of methoxy groups -OCH3 is 1. The summed E-state index contributed by atoms with van der Waals surface area (Å²) < 4.78 is 5.10. The van der Waals surface area contributed by atoms with Crippen LogP contribution in [0, 0.1) is 0 Å². The number of amides is 2. The van der Waals surface area contributed by atoms with Crippen molar-refractivity contribution in [1.82, 2.24) is 10.2 Å². The van der Waals surface area contributed by atoms with Gasteiger partial charge in [-0.05, 0) is 47.0 Å². The van der Waals surface area contributed by atoms with Crippen molar-refractivity contribution in [2.75, 3.05) is 20.3 Å². The molecule has 3 aromatic carbocycles. The maximum atomic E-state index is 13.7. The molecule has 0 radical (unpaired) electrons. The maximum absolute atomic E-state index is 13.7. The topological polar surface area (TPSA) is 58.6 Å². The van der Waals surface area contributed by atoms with E-state index >= 15 is 0 Å². The van der Waals surface area contributed by atoms with Crippen LogP contribution in [0.3, 0.4) is 0 Å². The largest absolute Gasteiger partial charge is 0.383 e. The van der Waals surface area contributed by atoms with Crippen LogP contribution >= 0.6 is 23.2 Å². The normalized spacial score (nSPS) is 17.5. The molecule has 0 saturated carbocycles. The van der Waals surface area contributed by atoms with Crippen molar-refractivity contribution in [2.45, 2.75) is 18.5 Å². The zero-order chi connectivity index (χ0) is 23.4. The Morgan fingerprint density at radius 3 is 2.27 bits per heavy atom. The molecule has 0 spiro atoms. The maximum Gasteiger partial charge on any atom is 0.255 e. The number of halogens is 2. The van der Waals surface area contributed by atoms with Gasteiger partial charge in [-0.25, -0.2) is 0 Å².